The first-order valence-corrected chi connectivity index (χ1v) is 8.19. The predicted molar refractivity (Wildman–Crippen MR) is 83.2 cm³/mol. The summed E-state index contributed by atoms with van der Waals surface area (Å²) < 4.78 is 41.6. The number of rotatable bonds is 5. The highest BCUT2D eigenvalue weighted by Crippen LogP contribution is 2.37. The average Bonchev–Trinajstić information content (AvgIpc) is 2.77. The summed E-state index contributed by atoms with van der Waals surface area (Å²) in [7, 11) is 0. The zero-order valence-corrected chi connectivity index (χ0v) is 14.0. The van der Waals surface area contributed by atoms with Gasteiger partial charge in [0.25, 0.3) is 0 Å². The highest BCUT2D eigenvalue weighted by atomic mass is 79.9. The molecule has 6 heteroatoms. The van der Waals surface area contributed by atoms with Crippen LogP contribution in [0.15, 0.2) is 22.7 Å². The van der Waals surface area contributed by atoms with Crippen molar-refractivity contribution in [2.45, 2.75) is 26.3 Å². The molecule has 1 nitrogen and oxygen atoms in total. The number of hydrogen-bond acceptors (Lipinski definition) is 2. The number of nitrogens with one attached hydrogen (secondary N) is 1. The molecule has 1 unspecified atom stereocenters. The van der Waals surface area contributed by atoms with Gasteiger partial charge in [0.05, 0.1) is 6.04 Å². The lowest BCUT2D eigenvalue weighted by Gasteiger charge is -2.19. The lowest BCUT2D eigenvalue weighted by Crippen LogP contribution is -2.24. The normalized spacial score (nSPS) is 12.7. The Morgan fingerprint density at radius 1 is 1.24 bits per heavy atom. The van der Waals surface area contributed by atoms with E-state index in [2.05, 4.69) is 21.2 Å². The van der Waals surface area contributed by atoms with Gasteiger partial charge in [0.2, 0.25) is 0 Å². The Morgan fingerprint density at radius 2 is 1.95 bits per heavy atom. The van der Waals surface area contributed by atoms with Crippen LogP contribution >= 0.6 is 27.3 Å². The first kappa shape index (κ1) is 16.5. The van der Waals surface area contributed by atoms with Crippen LogP contribution in [0.25, 0.3) is 0 Å². The van der Waals surface area contributed by atoms with Gasteiger partial charge in [-0.15, -0.1) is 11.3 Å². The van der Waals surface area contributed by atoms with Crippen molar-refractivity contribution in [3.63, 3.8) is 0 Å². The molecular formula is C15H15BrF3NS. The van der Waals surface area contributed by atoms with E-state index in [1.54, 1.807) is 0 Å². The van der Waals surface area contributed by atoms with Crippen LogP contribution in [0.2, 0.25) is 0 Å². The molecule has 0 aliphatic carbocycles. The highest BCUT2D eigenvalue weighted by molar-refractivity contribution is 9.10. The molecule has 0 aliphatic rings. The Bertz CT molecular complexity index is 642. The SMILES string of the molecule is CCCNC(c1ccc(F)c(F)c1F)c1sc(C)cc1Br. The van der Waals surface area contributed by atoms with Gasteiger partial charge in [-0.25, -0.2) is 13.2 Å². The molecule has 0 spiro atoms. The summed E-state index contributed by atoms with van der Waals surface area (Å²) in [5.74, 6) is -3.74. The lowest BCUT2D eigenvalue weighted by atomic mass is 10.0. The molecule has 0 saturated carbocycles. The summed E-state index contributed by atoms with van der Waals surface area (Å²) in [5.41, 5.74) is 0.116. The number of hydrogen-bond donors (Lipinski definition) is 1. The van der Waals surface area contributed by atoms with Crippen LogP contribution in [0.4, 0.5) is 13.2 Å². The monoisotopic (exact) mass is 377 g/mol. The van der Waals surface area contributed by atoms with Crippen LogP contribution in [0.5, 0.6) is 0 Å². The van der Waals surface area contributed by atoms with Crippen molar-refractivity contribution in [3.05, 3.63) is 55.4 Å². The predicted octanol–water partition coefficient (Wildman–Crippen LogP) is 5.33. The van der Waals surface area contributed by atoms with Crippen LogP contribution in [0, 0.1) is 24.4 Å². The molecule has 1 N–H and O–H groups in total. The number of benzene rings is 1. The number of thiophene rings is 1. The molecule has 0 radical (unpaired) electrons. The second kappa shape index (κ2) is 6.94. The number of halogens is 4. The summed E-state index contributed by atoms with van der Waals surface area (Å²) in [4.78, 5) is 1.91. The van der Waals surface area contributed by atoms with Crippen LogP contribution in [0.1, 0.15) is 34.7 Å². The standard InChI is InChI=1S/C15H15BrF3NS/c1-3-6-20-14(15-10(16)7-8(2)21-15)9-4-5-11(17)13(19)12(9)18/h4-5,7,14,20H,3,6H2,1-2H3. The van der Waals surface area contributed by atoms with Gasteiger partial charge < -0.3 is 5.32 Å². The van der Waals surface area contributed by atoms with Gasteiger partial charge in [0, 0.05) is 19.8 Å². The Balaban J connectivity index is 2.50. The molecule has 0 fully saturated rings. The topological polar surface area (TPSA) is 12.0 Å². The van der Waals surface area contributed by atoms with Crippen molar-refractivity contribution in [2.24, 2.45) is 0 Å². The van der Waals surface area contributed by atoms with Crippen LogP contribution in [-0.4, -0.2) is 6.54 Å². The van der Waals surface area contributed by atoms with E-state index >= 15 is 0 Å². The van der Waals surface area contributed by atoms with E-state index in [1.165, 1.54) is 17.4 Å². The van der Waals surface area contributed by atoms with Gasteiger partial charge in [0.1, 0.15) is 0 Å². The lowest BCUT2D eigenvalue weighted by molar-refractivity contribution is 0.433. The van der Waals surface area contributed by atoms with E-state index < -0.39 is 23.5 Å². The third-order valence-electron chi connectivity index (χ3n) is 3.07. The maximum absolute atomic E-state index is 14.1. The van der Waals surface area contributed by atoms with Gasteiger partial charge >= 0.3 is 0 Å². The molecule has 0 amide bonds. The zero-order chi connectivity index (χ0) is 15.6. The quantitative estimate of drug-likeness (QED) is 0.694. The van der Waals surface area contributed by atoms with Crippen molar-refractivity contribution in [1.29, 1.82) is 0 Å². The molecule has 1 heterocycles. The molecular weight excluding hydrogens is 363 g/mol. The maximum atomic E-state index is 14.1. The molecule has 21 heavy (non-hydrogen) atoms. The smallest absolute Gasteiger partial charge is 0.194 e. The van der Waals surface area contributed by atoms with E-state index in [4.69, 9.17) is 0 Å². The first-order chi connectivity index (χ1) is 9.95. The molecule has 2 aromatic rings. The van der Waals surface area contributed by atoms with Crippen molar-refractivity contribution >= 4 is 27.3 Å². The minimum absolute atomic E-state index is 0.116. The maximum Gasteiger partial charge on any atom is 0.194 e. The Hall–Kier alpha value is -0.850. The third-order valence-corrected chi connectivity index (χ3v) is 5.11. The fourth-order valence-electron chi connectivity index (χ4n) is 2.09. The average molecular weight is 378 g/mol. The summed E-state index contributed by atoms with van der Waals surface area (Å²) in [6.07, 6.45) is 0.851. The Kier molecular flexibility index (Phi) is 5.46. The molecule has 1 aromatic carbocycles. The van der Waals surface area contributed by atoms with E-state index in [-0.39, 0.29) is 5.56 Å². The van der Waals surface area contributed by atoms with Crippen LogP contribution < -0.4 is 5.32 Å². The van der Waals surface area contributed by atoms with Gasteiger partial charge in [0.15, 0.2) is 17.5 Å². The second-order valence-electron chi connectivity index (χ2n) is 4.72. The third kappa shape index (κ3) is 3.49. The molecule has 0 saturated heterocycles. The van der Waals surface area contributed by atoms with E-state index in [9.17, 15) is 13.2 Å². The fraction of sp³-hybridized carbons (Fsp3) is 0.333. The summed E-state index contributed by atoms with van der Waals surface area (Å²) in [6, 6.07) is 3.68. The molecule has 114 valence electrons. The van der Waals surface area contributed by atoms with Crippen molar-refractivity contribution < 1.29 is 13.2 Å². The molecule has 2 rings (SSSR count). The molecule has 1 atom stereocenters. The molecule has 1 aromatic heterocycles. The van der Waals surface area contributed by atoms with Crippen LogP contribution in [0.3, 0.4) is 0 Å². The highest BCUT2D eigenvalue weighted by Gasteiger charge is 2.24. The van der Waals surface area contributed by atoms with Crippen molar-refractivity contribution in [2.75, 3.05) is 6.54 Å². The van der Waals surface area contributed by atoms with Gasteiger partial charge in [-0.2, -0.15) is 0 Å². The Morgan fingerprint density at radius 3 is 2.52 bits per heavy atom. The largest absolute Gasteiger partial charge is 0.305 e. The zero-order valence-electron chi connectivity index (χ0n) is 11.6. The van der Waals surface area contributed by atoms with Gasteiger partial charge in [-0.05, 0) is 48.0 Å². The van der Waals surface area contributed by atoms with E-state index in [0.717, 1.165) is 26.7 Å². The second-order valence-corrected chi connectivity index (χ2v) is 6.86. The van der Waals surface area contributed by atoms with E-state index in [1.807, 2.05) is 19.9 Å². The van der Waals surface area contributed by atoms with Gasteiger partial charge in [-0.3, -0.25) is 0 Å². The van der Waals surface area contributed by atoms with Crippen molar-refractivity contribution in [1.82, 2.24) is 5.32 Å². The molecule has 0 bridgehead atoms. The fourth-order valence-corrected chi connectivity index (χ4v) is 4.07. The van der Waals surface area contributed by atoms with E-state index in [0.29, 0.717) is 6.54 Å². The molecule has 0 aliphatic heterocycles. The minimum Gasteiger partial charge on any atom is -0.305 e. The van der Waals surface area contributed by atoms with Gasteiger partial charge in [-0.1, -0.05) is 13.0 Å². The summed E-state index contributed by atoms with van der Waals surface area (Å²) >= 11 is 4.94. The van der Waals surface area contributed by atoms with Crippen LogP contribution in [-0.2, 0) is 0 Å². The minimum atomic E-state index is -1.43. The summed E-state index contributed by atoms with van der Waals surface area (Å²) in [6.45, 7) is 4.57. The Labute approximate surface area is 134 Å². The first-order valence-electron chi connectivity index (χ1n) is 6.58. The number of aryl methyl sites for hydroxylation is 1. The summed E-state index contributed by atoms with van der Waals surface area (Å²) in [5, 5.41) is 3.19. The van der Waals surface area contributed by atoms with Crippen molar-refractivity contribution in [3.8, 4) is 0 Å².